The van der Waals surface area contributed by atoms with Crippen LogP contribution < -0.4 is 5.32 Å². The number of nitrogens with zero attached hydrogens (tertiary/aromatic N) is 1. The van der Waals surface area contributed by atoms with E-state index in [1.165, 1.54) is 12.3 Å². The third-order valence-electron chi connectivity index (χ3n) is 3.33. The highest BCUT2D eigenvalue weighted by atomic mass is 19.1. The molecule has 0 saturated carbocycles. The van der Waals surface area contributed by atoms with Crippen LogP contribution in [0.15, 0.2) is 22.8 Å². The molecule has 1 aromatic heterocycles. The maximum Gasteiger partial charge on any atom is 0.144 e. The molecule has 3 rings (SSSR count). The van der Waals surface area contributed by atoms with Gasteiger partial charge < -0.3 is 9.73 Å². The van der Waals surface area contributed by atoms with E-state index in [-0.39, 0.29) is 0 Å². The summed E-state index contributed by atoms with van der Waals surface area (Å²) >= 11 is 0. The van der Waals surface area contributed by atoms with E-state index in [4.69, 9.17) is 4.42 Å². The van der Waals surface area contributed by atoms with Gasteiger partial charge in [-0.1, -0.05) is 0 Å². The zero-order valence-corrected chi connectivity index (χ0v) is 9.88. The van der Waals surface area contributed by atoms with Gasteiger partial charge in [-0.25, -0.2) is 8.78 Å². The van der Waals surface area contributed by atoms with Crippen molar-refractivity contribution in [2.45, 2.75) is 6.54 Å². The van der Waals surface area contributed by atoms with Gasteiger partial charge in [-0.05, 0) is 6.07 Å². The molecule has 2 heterocycles. The molecule has 18 heavy (non-hydrogen) atoms. The van der Waals surface area contributed by atoms with Crippen LogP contribution in [0.2, 0.25) is 0 Å². The molecule has 2 aromatic rings. The number of furan rings is 1. The summed E-state index contributed by atoms with van der Waals surface area (Å²) in [7, 11) is 0. The van der Waals surface area contributed by atoms with E-state index in [0.717, 1.165) is 32.2 Å². The molecule has 1 fully saturated rings. The van der Waals surface area contributed by atoms with Gasteiger partial charge >= 0.3 is 0 Å². The molecule has 1 aromatic carbocycles. The minimum absolute atomic E-state index is 0.325. The summed E-state index contributed by atoms with van der Waals surface area (Å²) in [6.07, 6.45) is 1.40. The Labute approximate surface area is 103 Å². The van der Waals surface area contributed by atoms with Crippen molar-refractivity contribution in [3.05, 3.63) is 35.6 Å². The molecule has 0 radical (unpaired) electrons. The highest BCUT2D eigenvalue weighted by molar-refractivity contribution is 5.81. The van der Waals surface area contributed by atoms with Crippen LogP contribution in [0, 0.1) is 11.6 Å². The minimum atomic E-state index is -0.569. The van der Waals surface area contributed by atoms with Gasteiger partial charge in [-0.2, -0.15) is 0 Å². The van der Waals surface area contributed by atoms with E-state index in [9.17, 15) is 8.78 Å². The van der Waals surface area contributed by atoms with Crippen LogP contribution in [0.3, 0.4) is 0 Å². The number of piperazine rings is 1. The number of hydrogen-bond acceptors (Lipinski definition) is 3. The fourth-order valence-electron chi connectivity index (χ4n) is 2.36. The number of nitrogens with one attached hydrogen (secondary N) is 1. The second-order valence-electron chi connectivity index (χ2n) is 4.51. The van der Waals surface area contributed by atoms with Crippen LogP contribution in [-0.2, 0) is 6.54 Å². The van der Waals surface area contributed by atoms with Crippen LogP contribution in [0.1, 0.15) is 5.56 Å². The molecular formula is C13H14F2N2O. The number of benzene rings is 1. The van der Waals surface area contributed by atoms with Crippen LogP contribution in [0.4, 0.5) is 8.78 Å². The van der Waals surface area contributed by atoms with Gasteiger partial charge in [-0.3, -0.25) is 4.90 Å². The number of halogens is 2. The van der Waals surface area contributed by atoms with Gasteiger partial charge in [-0.15, -0.1) is 0 Å². The smallest absolute Gasteiger partial charge is 0.144 e. The van der Waals surface area contributed by atoms with E-state index in [2.05, 4.69) is 10.2 Å². The fraction of sp³-hybridized carbons (Fsp3) is 0.385. The first-order valence-corrected chi connectivity index (χ1v) is 6.03. The topological polar surface area (TPSA) is 28.4 Å². The van der Waals surface area contributed by atoms with Crippen molar-refractivity contribution in [3.63, 3.8) is 0 Å². The second kappa shape index (κ2) is 4.66. The van der Waals surface area contributed by atoms with Crippen molar-refractivity contribution < 1.29 is 13.2 Å². The molecule has 1 N–H and O–H groups in total. The first-order chi connectivity index (χ1) is 8.75. The molecule has 0 bridgehead atoms. The molecule has 96 valence electrons. The lowest BCUT2D eigenvalue weighted by atomic mass is 10.1. The summed E-state index contributed by atoms with van der Waals surface area (Å²) in [4.78, 5) is 2.13. The largest absolute Gasteiger partial charge is 0.464 e. The van der Waals surface area contributed by atoms with Crippen LogP contribution >= 0.6 is 0 Å². The Bertz CT molecular complexity index is 561. The summed E-state index contributed by atoms with van der Waals surface area (Å²) in [5, 5.41) is 3.59. The zero-order chi connectivity index (χ0) is 12.5. The highest BCUT2D eigenvalue weighted by Gasteiger charge is 2.18. The quantitative estimate of drug-likeness (QED) is 0.887. The molecule has 0 atom stereocenters. The third-order valence-corrected chi connectivity index (χ3v) is 3.33. The second-order valence-corrected chi connectivity index (χ2v) is 4.51. The molecule has 0 unspecified atom stereocenters. The van der Waals surface area contributed by atoms with Gasteiger partial charge in [0.1, 0.15) is 17.2 Å². The summed E-state index contributed by atoms with van der Waals surface area (Å²) in [5.41, 5.74) is 0.768. The number of hydrogen-bond donors (Lipinski definition) is 1. The summed E-state index contributed by atoms with van der Waals surface area (Å²) in [5.74, 6) is -1.10. The highest BCUT2D eigenvalue weighted by Crippen LogP contribution is 2.26. The monoisotopic (exact) mass is 252 g/mol. The standard InChI is InChI=1S/C13H14F2N2O/c14-11-7-12(15)10(13-9(11)1-6-18-13)8-17-4-2-16-3-5-17/h1,6-7,16H,2-5,8H2. The Morgan fingerprint density at radius 1 is 1.22 bits per heavy atom. The first kappa shape index (κ1) is 11.6. The molecule has 1 aliphatic heterocycles. The lowest BCUT2D eigenvalue weighted by Gasteiger charge is -2.27. The molecular weight excluding hydrogens is 238 g/mol. The van der Waals surface area contributed by atoms with E-state index >= 15 is 0 Å². The van der Waals surface area contributed by atoms with E-state index in [0.29, 0.717) is 23.1 Å². The van der Waals surface area contributed by atoms with Crippen molar-refractivity contribution in [1.82, 2.24) is 10.2 Å². The predicted molar refractivity (Wildman–Crippen MR) is 64.3 cm³/mol. The Morgan fingerprint density at radius 3 is 2.78 bits per heavy atom. The third kappa shape index (κ3) is 2.00. The van der Waals surface area contributed by atoms with Gasteiger partial charge in [0.15, 0.2) is 0 Å². The maximum atomic E-state index is 13.9. The molecule has 1 saturated heterocycles. The molecule has 1 aliphatic rings. The Balaban J connectivity index is 1.97. The average molecular weight is 252 g/mol. The van der Waals surface area contributed by atoms with Crippen molar-refractivity contribution >= 4 is 11.0 Å². The van der Waals surface area contributed by atoms with Crippen LogP contribution in [-0.4, -0.2) is 31.1 Å². The lowest BCUT2D eigenvalue weighted by Crippen LogP contribution is -2.43. The lowest BCUT2D eigenvalue weighted by molar-refractivity contribution is 0.230. The van der Waals surface area contributed by atoms with E-state index in [1.54, 1.807) is 0 Å². The van der Waals surface area contributed by atoms with E-state index in [1.807, 2.05) is 0 Å². The van der Waals surface area contributed by atoms with Gasteiger partial charge in [0.2, 0.25) is 0 Å². The summed E-state index contributed by atoms with van der Waals surface area (Å²) in [6.45, 7) is 3.96. The van der Waals surface area contributed by atoms with Crippen molar-refractivity contribution in [3.8, 4) is 0 Å². The van der Waals surface area contributed by atoms with E-state index < -0.39 is 11.6 Å². The molecule has 0 aliphatic carbocycles. The molecule has 0 amide bonds. The van der Waals surface area contributed by atoms with Crippen LogP contribution in [0.25, 0.3) is 11.0 Å². The van der Waals surface area contributed by atoms with Gasteiger partial charge in [0.05, 0.1) is 11.6 Å². The number of fused-ring (bicyclic) bond motifs is 1. The normalized spacial score (nSPS) is 17.4. The first-order valence-electron chi connectivity index (χ1n) is 6.03. The number of rotatable bonds is 2. The van der Waals surface area contributed by atoms with Crippen molar-refractivity contribution in [2.24, 2.45) is 0 Å². The Hall–Kier alpha value is -1.46. The van der Waals surface area contributed by atoms with Crippen molar-refractivity contribution in [1.29, 1.82) is 0 Å². The SMILES string of the molecule is Fc1cc(F)c2ccoc2c1CN1CCNCC1. The minimum Gasteiger partial charge on any atom is -0.464 e. The van der Waals surface area contributed by atoms with Gasteiger partial charge in [0, 0.05) is 44.4 Å². The van der Waals surface area contributed by atoms with Crippen LogP contribution in [0.5, 0.6) is 0 Å². The maximum absolute atomic E-state index is 13.9. The average Bonchev–Trinajstić information content (AvgIpc) is 2.85. The Kier molecular flexibility index (Phi) is 3.01. The molecule has 0 spiro atoms. The molecule has 3 nitrogen and oxygen atoms in total. The van der Waals surface area contributed by atoms with Gasteiger partial charge in [0.25, 0.3) is 0 Å². The summed E-state index contributed by atoms with van der Waals surface area (Å²) in [6, 6.07) is 2.47. The zero-order valence-electron chi connectivity index (χ0n) is 9.88. The Morgan fingerprint density at radius 2 is 2.00 bits per heavy atom. The fourth-order valence-corrected chi connectivity index (χ4v) is 2.36. The molecule has 5 heteroatoms. The summed E-state index contributed by atoms with van der Waals surface area (Å²) < 4.78 is 32.6. The van der Waals surface area contributed by atoms with Crippen molar-refractivity contribution in [2.75, 3.05) is 26.2 Å². The predicted octanol–water partition coefficient (Wildman–Crippen LogP) is 2.12.